The predicted octanol–water partition coefficient (Wildman–Crippen LogP) is 3.13. The van der Waals surface area contributed by atoms with E-state index < -0.39 is 16.5 Å². The number of fused-ring (bicyclic) bond motifs is 1. The molecule has 0 amide bonds. The highest BCUT2D eigenvalue weighted by atomic mass is 16.6. The van der Waals surface area contributed by atoms with Gasteiger partial charge in [0.15, 0.2) is 0 Å². The number of esters is 1. The van der Waals surface area contributed by atoms with Gasteiger partial charge in [0.25, 0.3) is 11.2 Å². The normalized spacial score (nSPS) is 10.9. The summed E-state index contributed by atoms with van der Waals surface area (Å²) in [6, 6.07) is 13.2. The minimum atomic E-state index is -0.671. The Morgan fingerprint density at radius 3 is 2.53 bits per heavy atom. The van der Waals surface area contributed by atoms with Crippen LogP contribution in [-0.2, 0) is 4.74 Å². The van der Waals surface area contributed by atoms with Crippen LogP contribution in [-0.4, -0.2) is 32.3 Å². The topological polar surface area (TPSA) is 109 Å². The lowest BCUT2D eigenvalue weighted by atomic mass is 10.1. The summed E-state index contributed by atoms with van der Waals surface area (Å²) >= 11 is 0. The number of methoxy groups -OCH3 is 1. The molecule has 0 saturated heterocycles. The van der Waals surface area contributed by atoms with Crippen LogP contribution in [0.1, 0.15) is 15.9 Å². The average Bonchev–Trinajstić information content (AvgIpc) is 3.10. The van der Waals surface area contributed by atoms with Gasteiger partial charge < -0.3 is 9.30 Å². The van der Waals surface area contributed by atoms with E-state index in [4.69, 9.17) is 4.74 Å². The highest BCUT2D eigenvalue weighted by Gasteiger charge is 2.25. The van der Waals surface area contributed by atoms with Crippen LogP contribution < -0.4 is 5.56 Å². The molecule has 0 fully saturated rings. The SMILES string of the molecule is COC(=O)c1cn(-c2cc([N+](=O)[O-])ccc2C)cc2c(=O)n(-c3ccccc3)nc1-2. The summed E-state index contributed by atoms with van der Waals surface area (Å²) in [4.78, 5) is 36.2. The van der Waals surface area contributed by atoms with E-state index >= 15 is 0 Å². The molecule has 150 valence electrons. The summed E-state index contributed by atoms with van der Waals surface area (Å²) in [6.45, 7) is 1.78. The van der Waals surface area contributed by atoms with Crippen molar-refractivity contribution in [2.45, 2.75) is 6.92 Å². The lowest BCUT2D eigenvalue weighted by molar-refractivity contribution is -0.384. The van der Waals surface area contributed by atoms with Crippen LogP contribution in [0, 0.1) is 17.0 Å². The summed E-state index contributed by atoms with van der Waals surface area (Å²) in [5, 5.41) is 15.5. The van der Waals surface area contributed by atoms with Crippen LogP contribution in [0.3, 0.4) is 0 Å². The Balaban J connectivity index is 2.02. The van der Waals surface area contributed by atoms with Crippen molar-refractivity contribution in [3.63, 3.8) is 0 Å². The zero-order chi connectivity index (χ0) is 21.4. The molecule has 9 nitrogen and oxygen atoms in total. The van der Waals surface area contributed by atoms with Gasteiger partial charge in [0, 0.05) is 24.5 Å². The smallest absolute Gasteiger partial charge is 0.341 e. The van der Waals surface area contributed by atoms with E-state index in [2.05, 4.69) is 5.10 Å². The number of para-hydroxylation sites is 1. The lowest BCUT2D eigenvalue weighted by Crippen LogP contribution is -2.15. The molecule has 0 aromatic heterocycles. The fourth-order valence-electron chi connectivity index (χ4n) is 3.24. The molecule has 4 rings (SSSR count). The third-order valence-corrected chi connectivity index (χ3v) is 4.76. The van der Waals surface area contributed by atoms with Crippen molar-refractivity contribution < 1.29 is 14.5 Å². The Hall–Kier alpha value is -4.27. The number of hydrogen-bond donors (Lipinski definition) is 0. The van der Waals surface area contributed by atoms with Gasteiger partial charge in [-0.15, -0.1) is 0 Å². The second kappa shape index (κ2) is 7.28. The van der Waals surface area contributed by atoms with Crippen LogP contribution in [0.2, 0.25) is 0 Å². The van der Waals surface area contributed by atoms with Crippen LogP contribution in [0.25, 0.3) is 22.6 Å². The van der Waals surface area contributed by atoms with Crippen molar-refractivity contribution in [2.24, 2.45) is 0 Å². The van der Waals surface area contributed by atoms with E-state index in [9.17, 15) is 19.7 Å². The number of carbonyl (C=O) groups excluding carboxylic acids is 1. The van der Waals surface area contributed by atoms with Crippen molar-refractivity contribution in [3.8, 4) is 22.6 Å². The van der Waals surface area contributed by atoms with E-state index in [0.29, 0.717) is 11.4 Å². The van der Waals surface area contributed by atoms with Gasteiger partial charge in [-0.1, -0.05) is 24.3 Å². The number of nitro benzene ring substituents is 1. The predicted molar refractivity (Wildman–Crippen MR) is 109 cm³/mol. The van der Waals surface area contributed by atoms with Crippen molar-refractivity contribution in [1.29, 1.82) is 0 Å². The molecule has 2 aliphatic rings. The number of aryl methyl sites for hydroxylation is 1. The number of hydrogen-bond acceptors (Lipinski definition) is 6. The van der Waals surface area contributed by atoms with Gasteiger partial charge in [-0.3, -0.25) is 14.9 Å². The van der Waals surface area contributed by atoms with Crippen molar-refractivity contribution >= 4 is 11.7 Å². The number of benzene rings is 2. The van der Waals surface area contributed by atoms with Gasteiger partial charge in [-0.25, -0.2) is 4.79 Å². The molecule has 2 aromatic rings. The van der Waals surface area contributed by atoms with Crippen LogP contribution in [0.15, 0.2) is 65.7 Å². The number of rotatable bonds is 4. The molecule has 0 bridgehead atoms. The highest BCUT2D eigenvalue weighted by Crippen LogP contribution is 2.27. The van der Waals surface area contributed by atoms with Gasteiger partial charge in [0.05, 0.1) is 29.0 Å². The quantitative estimate of drug-likeness (QED) is 0.294. The summed E-state index contributed by atoms with van der Waals surface area (Å²) in [5.74, 6) is -0.671. The summed E-state index contributed by atoms with van der Waals surface area (Å²) in [7, 11) is 1.23. The Bertz CT molecular complexity index is 1310. The monoisotopic (exact) mass is 404 g/mol. The van der Waals surface area contributed by atoms with Crippen molar-refractivity contribution in [3.05, 3.63) is 92.5 Å². The summed E-state index contributed by atoms with van der Waals surface area (Å²) < 4.78 is 7.59. The Morgan fingerprint density at radius 2 is 1.87 bits per heavy atom. The molecule has 0 spiro atoms. The van der Waals surface area contributed by atoms with Gasteiger partial charge >= 0.3 is 5.97 Å². The fraction of sp³-hybridized carbons (Fsp3) is 0.0952. The maximum atomic E-state index is 13.1. The number of carbonyl (C=O) groups is 1. The highest BCUT2D eigenvalue weighted by molar-refractivity contribution is 5.96. The first kappa shape index (κ1) is 19.1. The van der Waals surface area contributed by atoms with Crippen LogP contribution >= 0.6 is 0 Å². The van der Waals surface area contributed by atoms with E-state index in [1.54, 1.807) is 37.3 Å². The maximum Gasteiger partial charge on any atom is 0.341 e. The molecular formula is C21H16N4O5. The van der Waals surface area contributed by atoms with E-state index in [1.165, 1.54) is 40.9 Å². The Morgan fingerprint density at radius 1 is 1.13 bits per heavy atom. The molecule has 30 heavy (non-hydrogen) atoms. The van der Waals surface area contributed by atoms with Gasteiger partial charge in [-0.2, -0.15) is 9.78 Å². The second-order valence-electron chi connectivity index (χ2n) is 6.61. The molecular weight excluding hydrogens is 388 g/mol. The molecule has 0 unspecified atom stereocenters. The zero-order valence-electron chi connectivity index (χ0n) is 16.1. The molecule has 0 saturated carbocycles. The van der Waals surface area contributed by atoms with Gasteiger partial charge in [0.2, 0.25) is 0 Å². The van der Waals surface area contributed by atoms with Gasteiger partial charge in [0.1, 0.15) is 11.3 Å². The molecule has 2 aromatic carbocycles. The Labute approximate surface area is 170 Å². The largest absolute Gasteiger partial charge is 0.465 e. The Kier molecular flexibility index (Phi) is 4.63. The third-order valence-electron chi connectivity index (χ3n) is 4.76. The second-order valence-corrected chi connectivity index (χ2v) is 6.61. The third kappa shape index (κ3) is 3.12. The summed E-state index contributed by atoms with van der Waals surface area (Å²) in [5.41, 5.74) is 1.67. The van der Waals surface area contributed by atoms with E-state index in [-0.39, 0.29) is 22.5 Å². The molecule has 0 atom stereocenters. The average molecular weight is 404 g/mol. The minimum Gasteiger partial charge on any atom is -0.465 e. The molecule has 2 heterocycles. The first-order valence-electron chi connectivity index (χ1n) is 8.95. The molecule has 0 N–H and O–H groups in total. The van der Waals surface area contributed by atoms with E-state index in [1.807, 2.05) is 6.07 Å². The summed E-state index contributed by atoms with van der Waals surface area (Å²) in [6.07, 6.45) is 2.98. The van der Waals surface area contributed by atoms with Crippen LogP contribution in [0.4, 0.5) is 5.69 Å². The molecule has 9 heteroatoms. The number of ether oxygens (including phenoxy) is 1. The number of nitro groups is 1. The lowest BCUT2D eigenvalue weighted by Gasteiger charge is -2.13. The standard InChI is InChI=1S/C21H16N4O5/c1-13-8-9-15(25(28)29)10-18(13)23-11-16-19(17(12-23)21(27)30-2)22-24(20(16)26)14-6-4-3-5-7-14/h3-12H,1-2H3. The van der Waals surface area contributed by atoms with Gasteiger partial charge in [-0.05, 0) is 24.6 Å². The number of nitrogens with zero attached hydrogens (tertiary/aromatic N) is 4. The number of non-ortho nitro benzene ring substituents is 1. The molecule has 0 aliphatic carbocycles. The maximum absolute atomic E-state index is 13.1. The molecule has 0 radical (unpaired) electrons. The fourth-order valence-corrected chi connectivity index (χ4v) is 3.24. The van der Waals surface area contributed by atoms with Crippen LogP contribution in [0.5, 0.6) is 0 Å². The minimum absolute atomic E-state index is 0.0766. The first-order chi connectivity index (χ1) is 14.4. The van der Waals surface area contributed by atoms with E-state index in [0.717, 1.165) is 5.56 Å². The zero-order valence-corrected chi connectivity index (χ0v) is 16.1. The number of aromatic nitrogens is 3. The van der Waals surface area contributed by atoms with Crippen molar-refractivity contribution in [1.82, 2.24) is 14.3 Å². The van der Waals surface area contributed by atoms with Crippen molar-refractivity contribution in [2.75, 3.05) is 7.11 Å². The first-order valence-corrected chi connectivity index (χ1v) is 8.95. The number of pyridine rings is 1. The molecule has 2 aliphatic heterocycles.